The van der Waals surface area contributed by atoms with Crippen LogP contribution in [0.3, 0.4) is 0 Å². The van der Waals surface area contributed by atoms with Crippen LogP contribution in [0.4, 0.5) is 0 Å². The Morgan fingerprint density at radius 3 is 1.52 bits per heavy atom. The Hall–Kier alpha value is -1.03. The lowest BCUT2D eigenvalue weighted by molar-refractivity contribution is 0.322. The molecule has 0 radical (unpaired) electrons. The van der Waals surface area contributed by atoms with Crippen molar-refractivity contribution < 1.29 is 0 Å². The van der Waals surface area contributed by atoms with Gasteiger partial charge in [-0.2, -0.15) is 0 Å². The molecule has 3 rings (SSSR count). The van der Waals surface area contributed by atoms with Gasteiger partial charge in [0.2, 0.25) is 0 Å². The van der Waals surface area contributed by atoms with E-state index in [1.807, 2.05) is 0 Å². The van der Waals surface area contributed by atoms with Crippen LogP contribution in [0.5, 0.6) is 0 Å². The standard InChI is InChI=1S/C21H30BrN3/c1-20(2,3)18-9-7-14(24-18)16-11-13(22)12-17(23-16)15-8-10-19(25-15)21(4,5)6/h11-12,18-19H,7-10H2,1-6H3/t18-,19-/m1/s1. The summed E-state index contributed by atoms with van der Waals surface area (Å²) in [5, 5.41) is 0. The van der Waals surface area contributed by atoms with Gasteiger partial charge in [-0.3, -0.25) is 9.98 Å². The first-order valence-corrected chi connectivity index (χ1v) is 10.1. The second-order valence-corrected chi connectivity index (χ2v) is 10.5. The van der Waals surface area contributed by atoms with E-state index in [-0.39, 0.29) is 10.8 Å². The maximum atomic E-state index is 4.99. The quantitative estimate of drug-likeness (QED) is 0.610. The van der Waals surface area contributed by atoms with Gasteiger partial charge in [-0.05, 0) is 48.6 Å². The summed E-state index contributed by atoms with van der Waals surface area (Å²) in [7, 11) is 0. The van der Waals surface area contributed by atoms with E-state index in [2.05, 4.69) is 69.6 Å². The summed E-state index contributed by atoms with van der Waals surface area (Å²) in [5.74, 6) is 0. The predicted octanol–water partition coefficient (Wildman–Crippen LogP) is 5.84. The number of nitrogens with zero attached hydrogens (tertiary/aromatic N) is 3. The summed E-state index contributed by atoms with van der Waals surface area (Å²) >= 11 is 3.67. The van der Waals surface area contributed by atoms with Gasteiger partial charge in [0.05, 0.1) is 34.9 Å². The molecule has 136 valence electrons. The lowest BCUT2D eigenvalue weighted by Gasteiger charge is -2.23. The van der Waals surface area contributed by atoms with Crippen molar-refractivity contribution in [3.63, 3.8) is 0 Å². The Kier molecular flexibility index (Phi) is 4.95. The maximum absolute atomic E-state index is 4.99. The van der Waals surface area contributed by atoms with E-state index in [1.165, 1.54) is 0 Å². The minimum absolute atomic E-state index is 0.214. The van der Waals surface area contributed by atoms with Gasteiger partial charge in [0, 0.05) is 4.47 Å². The lowest BCUT2D eigenvalue weighted by atomic mass is 9.86. The first-order chi connectivity index (χ1) is 11.5. The van der Waals surface area contributed by atoms with Crippen LogP contribution >= 0.6 is 15.9 Å². The molecule has 1 aromatic heterocycles. The first kappa shape index (κ1) is 18.8. The van der Waals surface area contributed by atoms with Crippen molar-refractivity contribution in [2.45, 2.75) is 79.3 Å². The van der Waals surface area contributed by atoms with Crippen LogP contribution in [-0.2, 0) is 0 Å². The van der Waals surface area contributed by atoms with Gasteiger partial charge in [-0.25, -0.2) is 4.98 Å². The summed E-state index contributed by atoms with van der Waals surface area (Å²) in [6.07, 6.45) is 4.27. The van der Waals surface area contributed by atoms with Crippen molar-refractivity contribution in [2.75, 3.05) is 0 Å². The highest BCUT2D eigenvalue weighted by Gasteiger charge is 2.31. The van der Waals surface area contributed by atoms with Crippen molar-refractivity contribution in [3.8, 4) is 0 Å². The normalized spacial score (nSPS) is 24.4. The van der Waals surface area contributed by atoms with Gasteiger partial charge in [-0.15, -0.1) is 0 Å². The van der Waals surface area contributed by atoms with E-state index in [0.29, 0.717) is 12.1 Å². The molecule has 0 aromatic carbocycles. The van der Waals surface area contributed by atoms with Crippen LogP contribution in [0.15, 0.2) is 26.6 Å². The van der Waals surface area contributed by atoms with E-state index in [4.69, 9.17) is 15.0 Å². The van der Waals surface area contributed by atoms with Gasteiger partial charge >= 0.3 is 0 Å². The summed E-state index contributed by atoms with van der Waals surface area (Å²) in [6.45, 7) is 13.6. The topological polar surface area (TPSA) is 37.6 Å². The molecule has 0 N–H and O–H groups in total. The number of aliphatic imine (C=N–C) groups is 2. The Morgan fingerprint density at radius 2 is 1.20 bits per heavy atom. The second-order valence-electron chi connectivity index (χ2n) is 9.55. The summed E-state index contributed by atoms with van der Waals surface area (Å²) in [6, 6.07) is 4.98. The molecule has 0 spiro atoms. The van der Waals surface area contributed by atoms with Crippen LogP contribution in [0.2, 0.25) is 0 Å². The minimum Gasteiger partial charge on any atom is -0.284 e. The first-order valence-electron chi connectivity index (χ1n) is 9.36. The third-order valence-corrected chi connectivity index (χ3v) is 5.77. The summed E-state index contributed by atoms with van der Waals surface area (Å²) < 4.78 is 1.07. The molecule has 0 unspecified atom stereocenters. The third-order valence-electron chi connectivity index (χ3n) is 5.31. The molecule has 2 atom stereocenters. The average Bonchev–Trinajstić information content (AvgIpc) is 3.15. The number of hydrogen-bond donors (Lipinski definition) is 0. The van der Waals surface area contributed by atoms with E-state index in [1.54, 1.807) is 0 Å². The molecule has 0 bridgehead atoms. The monoisotopic (exact) mass is 403 g/mol. The fourth-order valence-corrected chi connectivity index (χ4v) is 4.05. The molecule has 0 aliphatic carbocycles. The van der Waals surface area contributed by atoms with Crippen molar-refractivity contribution >= 4 is 27.4 Å². The van der Waals surface area contributed by atoms with Crippen LogP contribution in [0.1, 0.15) is 78.6 Å². The molecule has 0 fully saturated rings. The molecule has 0 saturated heterocycles. The molecular formula is C21H30BrN3. The molecule has 4 heteroatoms. The van der Waals surface area contributed by atoms with Gasteiger partial charge in [0.15, 0.2) is 0 Å². The molecule has 0 amide bonds. The smallest absolute Gasteiger partial charge is 0.0859 e. The largest absolute Gasteiger partial charge is 0.284 e. The average molecular weight is 404 g/mol. The maximum Gasteiger partial charge on any atom is 0.0859 e. The van der Waals surface area contributed by atoms with Crippen molar-refractivity contribution in [2.24, 2.45) is 20.8 Å². The molecule has 1 aromatic rings. The zero-order valence-corrected chi connectivity index (χ0v) is 17.9. The number of pyridine rings is 1. The van der Waals surface area contributed by atoms with Gasteiger partial charge < -0.3 is 0 Å². The zero-order valence-electron chi connectivity index (χ0n) is 16.4. The Morgan fingerprint density at radius 1 is 0.800 bits per heavy atom. The SMILES string of the molecule is CC(C)(C)[C@H]1CCC(c2cc(Br)cc(C3=N[C@@H](C(C)(C)C)CC3)n2)=N1. The van der Waals surface area contributed by atoms with Gasteiger partial charge in [0.25, 0.3) is 0 Å². The Labute approximate surface area is 160 Å². The second kappa shape index (κ2) is 6.61. The Balaban J connectivity index is 1.90. The van der Waals surface area contributed by atoms with E-state index in [0.717, 1.165) is 53.0 Å². The van der Waals surface area contributed by atoms with Crippen LogP contribution in [-0.4, -0.2) is 28.5 Å². The van der Waals surface area contributed by atoms with Gasteiger partial charge in [-0.1, -0.05) is 57.5 Å². The molecule has 3 nitrogen and oxygen atoms in total. The lowest BCUT2D eigenvalue weighted by Crippen LogP contribution is -2.21. The summed E-state index contributed by atoms with van der Waals surface area (Å²) in [4.78, 5) is 14.9. The molecule has 2 aliphatic rings. The highest BCUT2D eigenvalue weighted by atomic mass is 79.9. The number of rotatable bonds is 2. The van der Waals surface area contributed by atoms with Crippen molar-refractivity contribution in [1.29, 1.82) is 0 Å². The van der Waals surface area contributed by atoms with Gasteiger partial charge in [0.1, 0.15) is 0 Å². The number of aromatic nitrogens is 1. The molecular weight excluding hydrogens is 374 g/mol. The fourth-order valence-electron chi connectivity index (χ4n) is 3.62. The fraction of sp³-hybridized carbons (Fsp3) is 0.667. The molecule has 25 heavy (non-hydrogen) atoms. The molecule has 3 heterocycles. The number of halogens is 1. The Bertz CT molecular complexity index is 661. The zero-order chi connectivity index (χ0) is 18.4. The van der Waals surface area contributed by atoms with Crippen molar-refractivity contribution in [3.05, 3.63) is 28.0 Å². The van der Waals surface area contributed by atoms with E-state index < -0.39 is 0 Å². The number of hydrogen-bond acceptors (Lipinski definition) is 3. The molecule has 0 saturated carbocycles. The van der Waals surface area contributed by atoms with E-state index >= 15 is 0 Å². The summed E-state index contributed by atoms with van der Waals surface area (Å²) in [5.41, 5.74) is 4.75. The van der Waals surface area contributed by atoms with Crippen LogP contribution < -0.4 is 0 Å². The molecule has 2 aliphatic heterocycles. The predicted molar refractivity (Wildman–Crippen MR) is 110 cm³/mol. The third kappa shape index (κ3) is 4.21. The highest BCUT2D eigenvalue weighted by Crippen LogP contribution is 2.34. The minimum atomic E-state index is 0.214. The van der Waals surface area contributed by atoms with Crippen molar-refractivity contribution in [1.82, 2.24) is 4.98 Å². The van der Waals surface area contributed by atoms with Crippen LogP contribution in [0, 0.1) is 10.8 Å². The highest BCUT2D eigenvalue weighted by molar-refractivity contribution is 9.10. The van der Waals surface area contributed by atoms with Crippen LogP contribution in [0.25, 0.3) is 0 Å². The van der Waals surface area contributed by atoms with E-state index in [9.17, 15) is 0 Å².